The van der Waals surface area contributed by atoms with Crippen molar-refractivity contribution in [1.82, 2.24) is 4.98 Å². The lowest BCUT2D eigenvalue weighted by molar-refractivity contribution is 0.398. The molecule has 0 aliphatic rings. The Morgan fingerprint density at radius 3 is 2.85 bits per heavy atom. The van der Waals surface area contributed by atoms with E-state index in [0.29, 0.717) is 10.9 Å². The normalized spacial score (nSPS) is 12.6. The van der Waals surface area contributed by atoms with Gasteiger partial charge in [-0.15, -0.1) is 0 Å². The molecule has 72 valence electrons. The van der Waals surface area contributed by atoms with Crippen molar-refractivity contribution >= 4 is 11.6 Å². The van der Waals surface area contributed by atoms with Gasteiger partial charge in [0, 0.05) is 12.2 Å². The predicted molar refractivity (Wildman–Crippen MR) is 53.2 cm³/mol. The first-order chi connectivity index (χ1) is 6.13. The van der Waals surface area contributed by atoms with E-state index in [-0.39, 0.29) is 6.04 Å². The Hall–Kier alpha value is -0.800. The van der Waals surface area contributed by atoms with Gasteiger partial charge in [0.25, 0.3) is 0 Å². The quantitative estimate of drug-likeness (QED) is 0.807. The Labute approximate surface area is 82.9 Å². The van der Waals surface area contributed by atoms with Crippen LogP contribution in [0.25, 0.3) is 0 Å². The van der Waals surface area contributed by atoms with Crippen molar-refractivity contribution in [2.75, 3.05) is 7.11 Å². The first-order valence-electron chi connectivity index (χ1n) is 4.07. The number of rotatable bonds is 3. The van der Waals surface area contributed by atoms with Gasteiger partial charge < -0.3 is 10.5 Å². The van der Waals surface area contributed by atoms with E-state index in [2.05, 4.69) is 4.98 Å². The number of methoxy groups -OCH3 is 1. The number of pyridine rings is 1. The Morgan fingerprint density at radius 2 is 2.38 bits per heavy atom. The fourth-order valence-electron chi connectivity index (χ4n) is 1.10. The monoisotopic (exact) mass is 200 g/mol. The summed E-state index contributed by atoms with van der Waals surface area (Å²) in [6.07, 6.45) is 2.50. The summed E-state index contributed by atoms with van der Waals surface area (Å²) in [5, 5.41) is 0.528. The van der Waals surface area contributed by atoms with Gasteiger partial charge in [-0.25, -0.2) is 4.98 Å². The van der Waals surface area contributed by atoms with Gasteiger partial charge in [0.15, 0.2) is 0 Å². The first-order valence-corrected chi connectivity index (χ1v) is 4.45. The highest BCUT2D eigenvalue weighted by Gasteiger charge is 2.04. The van der Waals surface area contributed by atoms with Crippen molar-refractivity contribution in [3.05, 3.63) is 22.8 Å². The van der Waals surface area contributed by atoms with Crippen LogP contribution in [0, 0.1) is 0 Å². The number of hydrogen-bond donors (Lipinski definition) is 1. The van der Waals surface area contributed by atoms with E-state index < -0.39 is 0 Å². The molecule has 0 fully saturated rings. The van der Waals surface area contributed by atoms with Crippen LogP contribution in [0.4, 0.5) is 0 Å². The second kappa shape index (κ2) is 4.44. The highest BCUT2D eigenvalue weighted by Crippen LogP contribution is 2.22. The molecule has 1 atom stereocenters. The zero-order valence-electron chi connectivity index (χ0n) is 7.75. The molecule has 0 radical (unpaired) electrons. The molecule has 0 aliphatic heterocycles. The smallest absolute Gasteiger partial charge is 0.232 e. The lowest BCUT2D eigenvalue weighted by Crippen LogP contribution is -2.17. The number of halogens is 1. The second-order valence-corrected chi connectivity index (χ2v) is 3.42. The third kappa shape index (κ3) is 2.86. The highest BCUT2D eigenvalue weighted by molar-refractivity contribution is 6.31. The molecule has 0 bridgehead atoms. The molecule has 0 spiro atoms. The van der Waals surface area contributed by atoms with Crippen molar-refractivity contribution in [3.63, 3.8) is 0 Å². The largest absolute Gasteiger partial charge is 0.480 e. The Balaban J connectivity index is 2.83. The Kier molecular flexibility index (Phi) is 3.51. The minimum Gasteiger partial charge on any atom is -0.480 e. The molecule has 0 aliphatic carbocycles. The third-order valence-corrected chi connectivity index (χ3v) is 1.89. The van der Waals surface area contributed by atoms with Crippen LogP contribution < -0.4 is 10.5 Å². The first kappa shape index (κ1) is 10.3. The second-order valence-electron chi connectivity index (χ2n) is 3.02. The van der Waals surface area contributed by atoms with Crippen LogP contribution in [0.3, 0.4) is 0 Å². The van der Waals surface area contributed by atoms with Gasteiger partial charge >= 0.3 is 0 Å². The standard InChI is InChI=1S/C9H13ClN2O/c1-6(11)3-7-4-8(10)9(13-2)12-5-7/h4-6H,3,11H2,1-2H3. The van der Waals surface area contributed by atoms with E-state index in [1.807, 2.05) is 13.0 Å². The highest BCUT2D eigenvalue weighted by atomic mass is 35.5. The van der Waals surface area contributed by atoms with Gasteiger partial charge in [0.05, 0.1) is 7.11 Å². The molecular formula is C9H13ClN2O. The summed E-state index contributed by atoms with van der Waals surface area (Å²) < 4.78 is 4.93. The van der Waals surface area contributed by atoms with Gasteiger partial charge in [-0.2, -0.15) is 0 Å². The van der Waals surface area contributed by atoms with Crippen molar-refractivity contribution in [1.29, 1.82) is 0 Å². The molecule has 1 unspecified atom stereocenters. The van der Waals surface area contributed by atoms with Crippen molar-refractivity contribution in [2.24, 2.45) is 5.73 Å². The molecule has 1 aromatic rings. The van der Waals surface area contributed by atoms with E-state index in [1.165, 1.54) is 0 Å². The summed E-state index contributed by atoms with van der Waals surface area (Å²) >= 11 is 5.88. The number of hydrogen-bond acceptors (Lipinski definition) is 3. The van der Waals surface area contributed by atoms with Crippen LogP contribution in [0.5, 0.6) is 5.88 Å². The van der Waals surface area contributed by atoms with Crippen LogP contribution in [0.2, 0.25) is 5.02 Å². The zero-order chi connectivity index (χ0) is 9.84. The molecule has 0 aromatic carbocycles. The molecular weight excluding hydrogens is 188 g/mol. The van der Waals surface area contributed by atoms with E-state index >= 15 is 0 Å². The van der Waals surface area contributed by atoms with Crippen LogP contribution in [0.1, 0.15) is 12.5 Å². The summed E-state index contributed by atoms with van der Waals surface area (Å²) in [6.45, 7) is 1.94. The molecule has 2 N–H and O–H groups in total. The summed E-state index contributed by atoms with van der Waals surface area (Å²) in [5.41, 5.74) is 6.67. The van der Waals surface area contributed by atoms with Crippen LogP contribution in [-0.2, 0) is 6.42 Å². The maximum absolute atomic E-state index is 5.88. The Morgan fingerprint density at radius 1 is 1.69 bits per heavy atom. The average Bonchev–Trinajstić information content (AvgIpc) is 2.03. The summed E-state index contributed by atoms with van der Waals surface area (Å²) in [6, 6.07) is 1.95. The van der Waals surface area contributed by atoms with Crippen LogP contribution in [-0.4, -0.2) is 18.1 Å². The molecule has 1 rings (SSSR count). The maximum Gasteiger partial charge on any atom is 0.232 e. The molecule has 13 heavy (non-hydrogen) atoms. The summed E-state index contributed by atoms with van der Waals surface area (Å²) in [5.74, 6) is 0.454. The van der Waals surface area contributed by atoms with E-state index in [4.69, 9.17) is 22.1 Å². The molecule has 0 amide bonds. The fourth-order valence-corrected chi connectivity index (χ4v) is 1.36. The predicted octanol–water partition coefficient (Wildman–Crippen LogP) is 1.63. The van der Waals surface area contributed by atoms with E-state index in [1.54, 1.807) is 13.3 Å². The summed E-state index contributed by atoms with van der Waals surface area (Å²) in [7, 11) is 1.54. The summed E-state index contributed by atoms with van der Waals surface area (Å²) in [4.78, 5) is 4.04. The fraction of sp³-hybridized carbons (Fsp3) is 0.444. The average molecular weight is 201 g/mol. The van der Waals surface area contributed by atoms with Crippen molar-refractivity contribution in [2.45, 2.75) is 19.4 Å². The molecule has 0 saturated carbocycles. The van der Waals surface area contributed by atoms with E-state index in [0.717, 1.165) is 12.0 Å². The molecule has 1 heterocycles. The minimum atomic E-state index is 0.117. The number of aromatic nitrogens is 1. The Bertz CT molecular complexity index is 289. The van der Waals surface area contributed by atoms with Crippen molar-refractivity contribution < 1.29 is 4.74 Å². The number of ether oxygens (including phenoxy) is 1. The van der Waals surface area contributed by atoms with Gasteiger partial charge in [-0.05, 0) is 25.0 Å². The van der Waals surface area contributed by atoms with Crippen LogP contribution >= 0.6 is 11.6 Å². The molecule has 4 heteroatoms. The lowest BCUT2D eigenvalue weighted by Gasteiger charge is -2.06. The van der Waals surface area contributed by atoms with Gasteiger partial charge in [-0.1, -0.05) is 11.6 Å². The number of nitrogens with two attached hydrogens (primary N) is 1. The maximum atomic E-state index is 5.88. The number of nitrogens with zero attached hydrogens (tertiary/aromatic N) is 1. The topological polar surface area (TPSA) is 48.1 Å². The SMILES string of the molecule is COc1ncc(CC(C)N)cc1Cl. The van der Waals surface area contributed by atoms with Gasteiger partial charge in [-0.3, -0.25) is 0 Å². The van der Waals surface area contributed by atoms with Gasteiger partial charge in [0.1, 0.15) is 5.02 Å². The third-order valence-electron chi connectivity index (χ3n) is 1.62. The molecule has 3 nitrogen and oxygen atoms in total. The molecule has 1 aromatic heterocycles. The minimum absolute atomic E-state index is 0.117. The van der Waals surface area contributed by atoms with Crippen molar-refractivity contribution in [3.8, 4) is 5.88 Å². The van der Waals surface area contributed by atoms with E-state index in [9.17, 15) is 0 Å². The van der Waals surface area contributed by atoms with Crippen LogP contribution in [0.15, 0.2) is 12.3 Å². The van der Waals surface area contributed by atoms with Gasteiger partial charge in [0.2, 0.25) is 5.88 Å². The lowest BCUT2D eigenvalue weighted by atomic mass is 10.1. The zero-order valence-corrected chi connectivity index (χ0v) is 8.51. The molecule has 0 saturated heterocycles.